The summed E-state index contributed by atoms with van der Waals surface area (Å²) in [6.45, 7) is 4.94. The molecular formula is C25H26N2O4. The Balaban J connectivity index is 1.58. The van der Waals surface area contributed by atoms with Gasteiger partial charge in [-0.2, -0.15) is 0 Å². The van der Waals surface area contributed by atoms with Crippen molar-refractivity contribution in [1.82, 2.24) is 9.55 Å². The normalized spacial score (nSPS) is 11.0. The Hall–Kier alpha value is -3.54. The number of nitrogens with zero attached hydrogens (tertiary/aromatic N) is 2. The number of furan rings is 1. The van der Waals surface area contributed by atoms with Crippen LogP contribution in [0, 0.1) is 6.92 Å². The van der Waals surface area contributed by atoms with E-state index < -0.39 is 0 Å². The van der Waals surface area contributed by atoms with Gasteiger partial charge in [-0.3, -0.25) is 4.79 Å². The molecule has 0 atom stereocenters. The number of hydrogen-bond donors (Lipinski definition) is 0. The van der Waals surface area contributed by atoms with Gasteiger partial charge in [0.15, 0.2) is 17.1 Å². The van der Waals surface area contributed by atoms with Gasteiger partial charge in [-0.1, -0.05) is 30.3 Å². The first-order chi connectivity index (χ1) is 15.1. The Kier molecular flexibility index (Phi) is 6.36. The molecule has 0 saturated carbocycles. The lowest BCUT2D eigenvalue weighted by molar-refractivity contribution is 0.101. The van der Waals surface area contributed by atoms with Gasteiger partial charge in [-0.15, -0.1) is 0 Å². The molecule has 0 radical (unpaired) electrons. The lowest BCUT2D eigenvalue weighted by Crippen LogP contribution is -2.12. The second-order valence-electron chi connectivity index (χ2n) is 7.46. The lowest BCUT2D eigenvalue weighted by atomic mass is 9.99. The number of carbonyl (C=O) groups is 1. The van der Waals surface area contributed by atoms with Gasteiger partial charge in [-0.25, -0.2) is 4.98 Å². The highest BCUT2D eigenvalue weighted by Crippen LogP contribution is 2.43. The minimum Gasteiger partial charge on any atom is -0.487 e. The van der Waals surface area contributed by atoms with Crippen molar-refractivity contribution < 1.29 is 18.7 Å². The molecule has 4 rings (SSSR count). The summed E-state index contributed by atoms with van der Waals surface area (Å²) in [6, 6.07) is 12.2. The molecular weight excluding hydrogens is 392 g/mol. The number of fused-ring (bicyclic) bond motifs is 1. The predicted octanol–water partition coefficient (Wildman–Crippen LogP) is 5.23. The Morgan fingerprint density at radius 3 is 2.65 bits per heavy atom. The maximum Gasteiger partial charge on any atom is 0.205 e. The van der Waals surface area contributed by atoms with E-state index >= 15 is 0 Å². The number of Topliss-reactive ketones (excluding diaryl/α,β-unsaturated/α-hetero) is 1. The fourth-order valence-electron chi connectivity index (χ4n) is 3.76. The molecule has 0 aliphatic carbocycles. The summed E-state index contributed by atoms with van der Waals surface area (Å²) in [5.41, 5.74) is 3.25. The molecule has 0 bridgehead atoms. The van der Waals surface area contributed by atoms with Crippen molar-refractivity contribution in [3.05, 3.63) is 78.1 Å². The van der Waals surface area contributed by atoms with E-state index in [1.807, 2.05) is 42.0 Å². The molecule has 0 unspecified atom stereocenters. The lowest BCUT2D eigenvalue weighted by Gasteiger charge is -2.18. The van der Waals surface area contributed by atoms with E-state index in [9.17, 15) is 4.79 Å². The highest BCUT2D eigenvalue weighted by atomic mass is 16.5. The average molecular weight is 418 g/mol. The van der Waals surface area contributed by atoms with Crippen LogP contribution in [0.3, 0.4) is 0 Å². The number of aromatic nitrogens is 2. The van der Waals surface area contributed by atoms with Crippen LogP contribution in [0.2, 0.25) is 0 Å². The van der Waals surface area contributed by atoms with E-state index in [0.717, 1.165) is 23.8 Å². The number of ketones is 1. The number of imidazole rings is 1. The first kappa shape index (κ1) is 20.7. The van der Waals surface area contributed by atoms with Gasteiger partial charge >= 0.3 is 0 Å². The molecule has 0 spiro atoms. The molecule has 4 aromatic rings. The van der Waals surface area contributed by atoms with Crippen LogP contribution < -0.4 is 9.47 Å². The summed E-state index contributed by atoms with van der Waals surface area (Å²) in [5.74, 6) is 0.883. The van der Waals surface area contributed by atoms with E-state index in [0.29, 0.717) is 42.4 Å². The summed E-state index contributed by atoms with van der Waals surface area (Å²) in [4.78, 5) is 16.6. The first-order valence-electron chi connectivity index (χ1n) is 10.4. The number of aryl methyl sites for hydroxylation is 2. The third kappa shape index (κ3) is 4.63. The third-order valence-corrected chi connectivity index (χ3v) is 5.29. The molecule has 2 heterocycles. The van der Waals surface area contributed by atoms with Crippen LogP contribution in [0.15, 0.2) is 65.8 Å². The molecule has 6 nitrogen and oxygen atoms in total. The van der Waals surface area contributed by atoms with Crippen LogP contribution in [0.5, 0.6) is 11.5 Å². The molecule has 0 amide bonds. The fraction of sp³-hybridized carbons (Fsp3) is 0.280. The topological polar surface area (TPSA) is 66.5 Å². The Bertz CT molecular complexity index is 1150. The van der Waals surface area contributed by atoms with Crippen molar-refractivity contribution in [1.29, 1.82) is 0 Å². The van der Waals surface area contributed by atoms with Gasteiger partial charge < -0.3 is 18.5 Å². The Labute approximate surface area is 181 Å². The quantitative estimate of drug-likeness (QED) is 0.261. The summed E-state index contributed by atoms with van der Waals surface area (Å²) >= 11 is 0. The molecule has 0 N–H and O–H groups in total. The van der Waals surface area contributed by atoms with Crippen LogP contribution in [0.1, 0.15) is 34.8 Å². The average Bonchev–Trinajstić information content (AvgIpc) is 3.46. The second kappa shape index (κ2) is 9.51. The van der Waals surface area contributed by atoms with Crippen LogP contribution in [-0.2, 0) is 13.0 Å². The Morgan fingerprint density at radius 1 is 1.10 bits per heavy atom. The van der Waals surface area contributed by atoms with Crippen molar-refractivity contribution in [2.75, 3.05) is 13.2 Å². The van der Waals surface area contributed by atoms with E-state index in [4.69, 9.17) is 13.9 Å². The summed E-state index contributed by atoms with van der Waals surface area (Å²) in [6.07, 6.45) is 8.69. The summed E-state index contributed by atoms with van der Waals surface area (Å²) in [7, 11) is 0. The van der Waals surface area contributed by atoms with Gasteiger partial charge in [0.05, 0.1) is 31.3 Å². The number of hydrogen-bond acceptors (Lipinski definition) is 5. The van der Waals surface area contributed by atoms with Gasteiger partial charge in [-0.05, 0) is 43.9 Å². The predicted molar refractivity (Wildman–Crippen MR) is 119 cm³/mol. The van der Waals surface area contributed by atoms with Crippen molar-refractivity contribution in [2.24, 2.45) is 0 Å². The minimum absolute atomic E-state index is 0.0626. The van der Waals surface area contributed by atoms with E-state index in [1.165, 1.54) is 5.56 Å². The first-order valence-corrected chi connectivity index (χ1v) is 10.4. The zero-order chi connectivity index (χ0) is 21.6. The van der Waals surface area contributed by atoms with Crippen LogP contribution in [0.25, 0.3) is 11.0 Å². The summed E-state index contributed by atoms with van der Waals surface area (Å²) in [5, 5.41) is 0.866. The third-order valence-electron chi connectivity index (χ3n) is 5.29. The van der Waals surface area contributed by atoms with Crippen LogP contribution >= 0.6 is 0 Å². The zero-order valence-corrected chi connectivity index (χ0v) is 17.8. The fourth-order valence-corrected chi connectivity index (χ4v) is 3.76. The van der Waals surface area contributed by atoms with Crippen molar-refractivity contribution in [2.45, 2.75) is 33.2 Å². The highest BCUT2D eigenvalue weighted by molar-refractivity contribution is 6.05. The van der Waals surface area contributed by atoms with Crippen molar-refractivity contribution in [3.8, 4) is 11.5 Å². The Morgan fingerprint density at radius 2 is 1.90 bits per heavy atom. The van der Waals surface area contributed by atoms with Crippen molar-refractivity contribution >= 4 is 16.8 Å². The standard InChI is InChI=1S/C25H26N2O4/c1-18-21-10-15-30-23(21)25(29-14-6-9-20-7-4-3-5-8-20)24(22(18)19(2)28)31-16-13-27-12-11-26-17-27/h3-5,7-8,10-12,15,17H,6,9,13-14,16H2,1-2H3. The number of benzene rings is 2. The molecule has 160 valence electrons. The number of ether oxygens (including phenoxy) is 2. The van der Waals surface area contributed by atoms with Crippen molar-refractivity contribution in [3.63, 3.8) is 0 Å². The zero-order valence-electron chi connectivity index (χ0n) is 17.8. The van der Waals surface area contributed by atoms with Gasteiger partial charge in [0, 0.05) is 17.8 Å². The smallest absolute Gasteiger partial charge is 0.205 e. The van der Waals surface area contributed by atoms with E-state index in [-0.39, 0.29) is 5.78 Å². The maximum absolute atomic E-state index is 12.5. The summed E-state index contributed by atoms with van der Waals surface area (Å²) < 4.78 is 20.0. The van der Waals surface area contributed by atoms with Gasteiger partial charge in [0.25, 0.3) is 0 Å². The largest absolute Gasteiger partial charge is 0.487 e. The molecule has 0 saturated heterocycles. The van der Waals surface area contributed by atoms with Crippen LogP contribution in [-0.4, -0.2) is 28.5 Å². The second-order valence-corrected chi connectivity index (χ2v) is 7.46. The SMILES string of the molecule is CC(=O)c1c(OCCn2ccnc2)c(OCCCc2ccccc2)c2occc2c1C. The molecule has 0 aliphatic rings. The van der Waals surface area contributed by atoms with Crippen LogP contribution in [0.4, 0.5) is 0 Å². The molecule has 0 aliphatic heterocycles. The van der Waals surface area contributed by atoms with E-state index in [1.54, 1.807) is 25.7 Å². The monoisotopic (exact) mass is 418 g/mol. The highest BCUT2D eigenvalue weighted by Gasteiger charge is 2.24. The number of carbonyl (C=O) groups excluding carboxylic acids is 1. The minimum atomic E-state index is -0.0626. The van der Waals surface area contributed by atoms with E-state index in [2.05, 4.69) is 17.1 Å². The van der Waals surface area contributed by atoms with Gasteiger partial charge in [0.2, 0.25) is 5.75 Å². The number of rotatable bonds is 10. The van der Waals surface area contributed by atoms with Gasteiger partial charge in [0.1, 0.15) is 6.61 Å². The molecule has 31 heavy (non-hydrogen) atoms. The molecule has 6 heteroatoms. The molecule has 2 aromatic heterocycles. The maximum atomic E-state index is 12.5. The molecule has 0 fully saturated rings. The molecule has 2 aromatic carbocycles.